The predicted octanol–water partition coefficient (Wildman–Crippen LogP) is -0.0338. The van der Waals surface area contributed by atoms with Crippen LogP contribution in [0.25, 0.3) is 0 Å². The molecular formula is C9H21NO5S. The minimum absolute atomic E-state index is 0.0914. The second kappa shape index (κ2) is 7.18. The van der Waals surface area contributed by atoms with Gasteiger partial charge in [0.05, 0.1) is 33.4 Å². The van der Waals surface area contributed by atoms with E-state index in [2.05, 4.69) is 18.2 Å². The summed E-state index contributed by atoms with van der Waals surface area (Å²) in [5.74, 6) is 0. The molecule has 0 unspecified atom stereocenters. The summed E-state index contributed by atoms with van der Waals surface area (Å²) in [7, 11) is -2.13. The topological polar surface area (TPSA) is 75.7 Å². The lowest BCUT2D eigenvalue weighted by Gasteiger charge is -2.36. The van der Waals surface area contributed by atoms with E-state index in [9.17, 15) is 13.0 Å². The molecule has 0 amide bonds. The van der Waals surface area contributed by atoms with Crippen molar-refractivity contribution in [3.8, 4) is 0 Å². The van der Waals surface area contributed by atoms with Gasteiger partial charge in [-0.25, -0.2) is 8.42 Å². The summed E-state index contributed by atoms with van der Waals surface area (Å²) in [6, 6.07) is 0. The zero-order valence-corrected chi connectivity index (χ0v) is 11.0. The zero-order valence-electron chi connectivity index (χ0n) is 10.1. The highest BCUT2D eigenvalue weighted by molar-refractivity contribution is 7.80. The summed E-state index contributed by atoms with van der Waals surface area (Å²) in [6.07, 6.45) is 0. The molecule has 0 atom stereocenters. The Balaban J connectivity index is 0.000000293. The summed E-state index contributed by atoms with van der Waals surface area (Å²) in [5, 5.41) is 0. The third kappa shape index (κ3) is 8.00. The molecule has 0 aromatic carbocycles. The third-order valence-electron chi connectivity index (χ3n) is 2.58. The van der Waals surface area contributed by atoms with Gasteiger partial charge in [0.15, 0.2) is 0 Å². The molecule has 1 aliphatic rings. The molecule has 1 fully saturated rings. The summed E-state index contributed by atoms with van der Waals surface area (Å²) >= 11 is 0. The lowest BCUT2D eigenvalue weighted by molar-refractivity contribution is -0.915. The fourth-order valence-corrected chi connectivity index (χ4v) is 1.53. The van der Waals surface area contributed by atoms with Crippen molar-refractivity contribution >= 4 is 10.4 Å². The van der Waals surface area contributed by atoms with Crippen LogP contribution < -0.4 is 0 Å². The Hall–Kier alpha value is -0.210. The van der Waals surface area contributed by atoms with Gasteiger partial charge in [-0.15, -0.1) is 0 Å². The van der Waals surface area contributed by atoms with Crippen molar-refractivity contribution in [2.45, 2.75) is 13.8 Å². The van der Waals surface area contributed by atoms with Gasteiger partial charge in [-0.05, 0) is 13.8 Å². The van der Waals surface area contributed by atoms with Crippen LogP contribution in [0, 0.1) is 0 Å². The minimum atomic E-state index is -4.42. The fraction of sp³-hybridized carbons (Fsp3) is 1.00. The third-order valence-corrected chi connectivity index (χ3v) is 3.10. The van der Waals surface area contributed by atoms with Crippen LogP contribution in [0.5, 0.6) is 0 Å². The average molecular weight is 255 g/mol. The average Bonchev–Trinajstić information content (AvgIpc) is 2.18. The van der Waals surface area contributed by atoms with Gasteiger partial charge < -0.3 is 13.8 Å². The first-order chi connectivity index (χ1) is 7.33. The van der Waals surface area contributed by atoms with E-state index < -0.39 is 10.4 Å². The Morgan fingerprint density at radius 2 is 1.81 bits per heavy atom. The quantitative estimate of drug-likeness (QED) is 0.402. The number of quaternary nitrogens is 1. The zero-order chi connectivity index (χ0) is 12.7. The van der Waals surface area contributed by atoms with Gasteiger partial charge in [-0.1, -0.05) is 0 Å². The van der Waals surface area contributed by atoms with E-state index in [1.54, 1.807) is 0 Å². The molecule has 0 saturated carbocycles. The number of morpholine rings is 1. The van der Waals surface area contributed by atoms with E-state index >= 15 is 0 Å². The molecule has 1 saturated heterocycles. The number of hydrogen-bond donors (Lipinski definition) is 0. The standard InChI is InChI=1S/C7H16NO.C2H6O4S/c1-3-8(2)4-6-9-7-5-8;1-2-6-7(3,4)5/h3-7H2,1-2H3;2H2,1H3,(H,3,4,5)/q+1;/p-1. The van der Waals surface area contributed by atoms with Gasteiger partial charge in [0, 0.05) is 0 Å². The lowest BCUT2D eigenvalue weighted by Crippen LogP contribution is -2.51. The highest BCUT2D eigenvalue weighted by atomic mass is 32.3. The molecule has 0 aliphatic carbocycles. The van der Waals surface area contributed by atoms with Crippen molar-refractivity contribution in [1.29, 1.82) is 0 Å². The Morgan fingerprint density at radius 3 is 2.00 bits per heavy atom. The maximum atomic E-state index is 9.45. The molecule has 98 valence electrons. The first-order valence-electron chi connectivity index (χ1n) is 5.34. The van der Waals surface area contributed by atoms with Crippen LogP contribution in [0.3, 0.4) is 0 Å². The summed E-state index contributed by atoms with van der Waals surface area (Å²) in [4.78, 5) is 0. The number of likely N-dealkylation sites (N-methyl/N-ethyl adjacent to an activating group) is 1. The normalized spacial score (nSPS) is 19.8. The van der Waals surface area contributed by atoms with Crippen LogP contribution in [0.2, 0.25) is 0 Å². The van der Waals surface area contributed by atoms with Gasteiger partial charge in [0.25, 0.3) is 0 Å². The van der Waals surface area contributed by atoms with Gasteiger partial charge in [0.2, 0.25) is 10.4 Å². The van der Waals surface area contributed by atoms with Crippen molar-refractivity contribution in [2.24, 2.45) is 0 Å². The second-order valence-electron chi connectivity index (χ2n) is 3.81. The highest BCUT2D eigenvalue weighted by Gasteiger charge is 2.21. The molecule has 7 heteroatoms. The minimum Gasteiger partial charge on any atom is -0.726 e. The molecule has 6 nitrogen and oxygen atoms in total. The van der Waals surface area contributed by atoms with Gasteiger partial charge in [-0.3, -0.25) is 4.18 Å². The van der Waals surface area contributed by atoms with E-state index in [1.807, 2.05) is 0 Å². The van der Waals surface area contributed by atoms with Crippen molar-refractivity contribution < 1.29 is 26.4 Å². The Labute approximate surface area is 97.7 Å². The maximum Gasteiger partial charge on any atom is 0.217 e. The van der Waals surface area contributed by atoms with Crippen molar-refractivity contribution in [3.05, 3.63) is 0 Å². The van der Waals surface area contributed by atoms with E-state index in [0.717, 1.165) is 13.2 Å². The largest absolute Gasteiger partial charge is 0.726 e. The summed E-state index contributed by atoms with van der Waals surface area (Å²) < 4.78 is 38.5. The molecule has 1 heterocycles. The summed E-state index contributed by atoms with van der Waals surface area (Å²) in [5.41, 5.74) is 0. The number of hydrogen-bond acceptors (Lipinski definition) is 5. The molecule has 1 aliphatic heterocycles. The second-order valence-corrected chi connectivity index (χ2v) is 4.86. The Kier molecular flexibility index (Phi) is 7.09. The first kappa shape index (κ1) is 15.8. The van der Waals surface area contributed by atoms with Gasteiger partial charge in [0.1, 0.15) is 13.1 Å². The smallest absolute Gasteiger partial charge is 0.217 e. The Morgan fingerprint density at radius 1 is 1.31 bits per heavy atom. The van der Waals surface area contributed by atoms with E-state index in [-0.39, 0.29) is 6.61 Å². The van der Waals surface area contributed by atoms with Crippen molar-refractivity contribution in [3.63, 3.8) is 0 Å². The van der Waals surface area contributed by atoms with Crippen LogP contribution in [0.4, 0.5) is 0 Å². The molecule has 0 spiro atoms. The van der Waals surface area contributed by atoms with Crippen LogP contribution in [0.1, 0.15) is 13.8 Å². The molecule has 0 radical (unpaired) electrons. The van der Waals surface area contributed by atoms with E-state index in [4.69, 9.17) is 4.74 Å². The first-order valence-corrected chi connectivity index (χ1v) is 6.68. The number of ether oxygens (including phenoxy) is 1. The van der Waals surface area contributed by atoms with Gasteiger partial charge >= 0.3 is 0 Å². The lowest BCUT2D eigenvalue weighted by atomic mass is 10.3. The molecule has 1 rings (SSSR count). The molecule has 0 bridgehead atoms. The van der Waals surface area contributed by atoms with Crippen molar-refractivity contribution in [2.75, 3.05) is 46.5 Å². The number of rotatable bonds is 3. The van der Waals surface area contributed by atoms with Crippen LogP contribution >= 0.6 is 0 Å². The molecule has 0 aromatic rings. The molecule has 16 heavy (non-hydrogen) atoms. The fourth-order valence-electron chi connectivity index (χ4n) is 1.24. The molecular weight excluding hydrogens is 234 g/mol. The SMILES string of the molecule is CCOS(=O)(=O)[O-].CC[N+]1(C)CCOCC1. The van der Waals surface area contributed by atoms with E-state index in [0.29, 0.717) is 0 Å². The molecule has 0 N–H and O–H groups in total. The van der Waals surface area contributed by atoms with Crippen LogP contribution in [-0.2, 0) is 19.3 Å². The monoisotopic (exact) mass is 255 g/mol. The van der Waals surface area contributed by atoms with Crippen molar-refractivity contribution in [1.82, 2.24) is 0 Å². The van der Waals surface area contributed by atoms with Crippen LogP contribution in [-0.4, -0.2) is 64.0 Å². The highest BCUT2D eigenvalue weighted by Crippen LogP contribution is 2.05. The number of nitrogens with zero attached hydrogens (tertiary/aromatic N) is 1. The maximum absolute atomic E-state index is 9.45. The predicted molar refractivity (Wildman–Crippen MR) is 58.6 cm³/mol. The Bertz CT molecular complexity index is 272. The van der Waals surface area contributed by atoms with E-state index in [1.165, 1.54) is 31.0 Å². The van der Waals surface area contributed by atoms with Crippen LogP contribution in [0.15, 0.2) is 0 Å². The van der Waals surface area contributed by atoms with Gasteiger partial charge in [-0.2, -0.15) is 0 Å². The summed E-state index contributed by atoms with van der Waals surface area (Å²) in [6.45, 7) is 9.09. The molecule has 0 aromatic heterocycles.